The van der Waals surface area contributed by atoms with Gasteiger partial charge in [0.15, 0.2) is 4.32 Å². The molecule has 1 amide bonds. The average Bonchev–Trinajstić information content (AvgIpc) is 2.89. The lowest BCUT2D eigenvalue weighted by atomic mass is 10.1. The summed E-state index contributed by atoms with van der Waals surface area (Å²) in [6, 6.07) is 10.9. The fourth-order valence-electron chi connectivity index (χ4n) is 2.46. The zero-order chi connectivity index (χ0) is 20.5. The molecule has 0 N–H and O–H groups in total. The molecule has 0 bridgehead atoms. The van der Waals surface area contributed by atoms with Crippen LogP contribution in [0.1, 0.15) is 18.1 Å². The zero-order valence-electron chi connectivity index (χ0n) is 14.3. The van der Waals surface area contributed by atoms with Gasteiger partial charge in [-0.3, -0.25) is 14.5 Å². The summed E-state index contributed by atoms with van der Waals surface area (Å²) in [6.45, 7) is 1.28. The summed E-state index contributed by atoms with van der Waals surface area (Å²) in [6.07, 6.45) is -2.94. The molecule has 0 spiro atoms. The van der Waals surface area contributed by atoms with E-state index < -0.39 is 23.6 Å². The van der Waals surface area contributed by atoms with Crippen molar-refractivity contribution in [2.75, 3.05) is 4.90 Å². The standard InChI is InChI=1S/C19H12F3NO3S2/c1-11(24)26-15-7-5-12(6-8-15)9-16-17(25)23(18(27)28-16)14-4-2-3-13(10-14)19(20,21)22/h2-10H,1H3/b16-9-. The quantitative estimate of drug-likeness (QED) is 0.300. The highest BCUT2D eigenvalue weighted by Gasteiger charge is 2.36. The van der Waals surface area contributed by atoms with E-state index in [0.29, 0.717) is 11.3 Å². The lowest BCUT2D eigenvalue weighted by Gasteiger charge is -2.16. The van der Waals surface area contributed by atoms with E-state index in [0.717, 1.165) is 28.8 Å². The van der Waals surface area contributed by atoms with Gasteiger partial charge in [-0.2, -0.15) is 13.2 Å². The van der Waals surface area contributed by atoms with Gasteiger partial charge in [0.25, 0.3) is 5.91 Å². The Hall–Kier alpha value is -2.65. The predicted octanol–water partition coefficient (Wildman–Crippen LogP) is 5.04. The van der Waals surface area contributed by atoms with Crippen LogP contribution in [0.15, 0.2) is 53.4 Å². The molecule has 144 valence electrons. The summed E-state index contributed by atoms with van der Waals surface area (Å²) >= 11 is 6.19. The second kappa shape index (κ2) is 7.76. The first-order valence-electron chi connectivity index (χ1n) is 7.89. The molecule has 0 radical (unpaired) electrons. The summed E-state index contributed by atoms with van der Waals surface area (Å²) in [4.78, 5) is 25.0. The van der Waals surface area contributed by atoms with Gasteiger partial charge >= 0.3 is 12.1 Å². The molecule has 4 nitrogen and oxygen atoms in total. The Balaban J connectivity index is 1.86. The molecule has 0 aliphatic carbocycles. The van der Waals surface area contributed by atoms with Crippen molar-refractivity contribution in [2.24, 2.45) is 0 Å². The Kier molecular flexibility index (Phi) is 5.57. The molecule has 1 saturated heterocycles. The first kappa shape index (κ1) is 20.1. The van der Waals surface area contributed by atoms with Crippen LogP contribution in [0.5, 0.6) is 5.75 Å². The van der Waals surface area contributed by atoms with Crippen LogP contribution in [0, 0.1) is 0 Å². The fourth-order valence-corrected chi connectivity index (χ4v) is 3.76. The van der Waals surface area contributed by atoms with Crippen molar-refractivity contribution in [1.29, 1.82) is 0 Å². The molecular formula is C19H12F3NO3S2. The molecule has 0 saturated carbocycles. The Morgan fingerprint density at radius 3 is 2.46 bits per heavy atom. The predicted molar refractivity (Wildman–Crippen MR) is 105 cm³/mol. The number of esters is 1. The third kappa shape index (κ3) is 4.42. The maximum atomic E-state index is 12.9. The van der Waals surface area contributed by atoms with Gasteiger partial charge in [-0.25, -0.2) is 0 Å². The topological polar surface area (TPSA) is 46.6 Å². The van der Waals surface area contributed by atoms with E-state index in [9.17, 15) is 22.8 Å². The number of carbonyl (C=O) groups is 2. The fraction of sp³-hybridized carbons (Fsp3) is 0.105. The van der Waals surface area contributed by atoms with Crippen molar-refractivity contribution in [3.8, 4) is 5.75 Å². The van der Waals surface area contributed by atoms with Gasteiger partial charge in [0.1, 0.15) is 5.75 Å². The number of thioether (sulfide) groups is 1. The lowest BCUT2D eigenvalue weighted by Crippen LogP contribution is -2.27. The Labute approximate surface area is 168 Å². The number of alkyl halides is 3. The van der Waals surface area contributed by atoms with Crippen molar-refractivity contribution in [2.45, 2.75) is 13.1 Å². The molecule has 1 aliphatic heterocycles. The third-order valence-electron chi connectivity index (χ3n) is 3.66. The van der Waals surface area contributed by atoms with E-state index in [1.54, 1.807) is 30.3 Å². The highest BCUT2D eigenvalue weighted by molar-refractivity contribution is 8.27. The van der Waals surface area contributed by atoms with Crippen molar-refractivity contribution < 1.29 is 27.5 Å². The summed E-state index contributed by atoms with van der Waals surface area (Å²) < 4.78 is 43.9. The minimum Gasteiger partial charge on any atom is -0.427 e. The number of hydrogen-bond acceptors (Lipinski definition) is 5. The van der Waals surface area contributed by atoms with Crippen molar-refractivity contribution in [1.82, 2.24) is 0 Å². The average molecular weight is 423 g/mol. The summed E-state index contributed by atoms with van der Waals surface area (Å²) in [5.41, 5.74) is -0.143. The molecule has 2 aromatic rings. The van der Waals surface area contributed by atoms with E-state index in [-0.39, 0.29) is 14.9 Å². The molecule has 0 unspecified atom stereocenters. The van der Waals surface area contributed by atoms with Crippen LogP contribution >= 0.6 is 24.0 Å². The molecule has 0 aromatic heterocycles. The first-order chi connectivity index (χ1) is 13.1. The second-order valence-electron chi connectivity index (χ2n) is 5.73. The van der Waals surface area contributed by atoms with Crippen molar-refractivity contribution in [3.63, 3.8) is 0 Å². The highest BCUT2D eigenvalue weighted by Crippen LogP contribution is 2.38. The number of carbonyl (C=O) groups excluding carboxylic acids is 2. The number of halogens is 3. The molecule has 28 heavy (non-hydrogen) atoms. The van der Waals surface area contributed by atoms with Crippen LogP contribution in [-0.4, -0.2) is 16.2 Å². The van der Waals surface area contributed by atoms with Gasteiger partial charge in [-0.1, -0.05) is 42.2 Å². The van der Waals surface area contributed by atoms with Gasteiger partial charge in [0.2, 0.25) is 0 Å². The molecule has 2 aromatic carbocycles. The van der Waals surface area contributed by atoms with Crippen LogP contribution in [-0.2, 0) is 15.8 Å². The smallest absolute Gasteiger partial charge is 0.416 e. The van der Waals surface area contributed by atoms with Gasteiger partial charge in [-0.05, 0) is 42.0 Å². The van der Waals surface area contributed by atoms with E-state index in [4.69, 9.17) is 17.0 Å². The van der Waals surface area contributed by atoms with E-state index in [1.807, 2.05) is 0 Å². The number of anilines is 1. The molecule has 1 heterocycles. The van der Waals surface area contributed by atoms with Crippen LogP contribution in [0.4, 0.5) is 18.9 Å². The Bertz CT molecular complexity index is 985. The Morgan fingerprint density at radius 1 is 1.18 bits per heavy atom. The maximum Gasteiger partial charge on any atom is 0.416 e. The first-order valence-corrected chi connectivity index (χ1v) is 9.11. The normalized spacial score (nSPS) is 16.0. The maximum absolute atomic E-state index is 12.9. The molecule has 1 aliphatic rings. The summed E-state index contributed by atoms with van der Waals surface area (Å²) in [5.74, 6) is -0.589. The van der Waals surface area contributed by atoms with Crippen LogP contribution in [0.3, 0.4) is 0 Å². The van der Waals surface area contributed by atoms with Gasteiger partial charge in [-0.15, -0.1) is 0 Å². The molecule has 1 fully saturated rings. The van der Waals surface area contributed by atoms with Gasteiger partial charge in [0.05, 0.1) is 16.2 Å². The number of hydrogen-bond donors (Lipinski definition) is 0. The zero-order valence-corrected chi connectivity index (χ0v) is 16.0. The molecule has 3 rings (SSSR count). The minimum absolute atomic E-state index is 0.0610. The van der Waals surface area contributed by atoms with Crippen LogP contribution in [0.25, 0.3) is 6.08 Å². The summed E-state index contributed by atoms with van der Waals surface area (Å²) in [5, 5.41) is 0. The lowest BCUT2D eigenvalue weighted by molar-refractivity contribution is -0.137. The third-order valence-corrected chi connectivity index (χ3v) is 4.97. The highest BCUT2D eigenvalue weighted by atomic mass is 32.2. The van der Waals surface area contributed by atoms with E-state index >= 15 is 0 Å². The van der Waals surface area contributed by atoms with E-state index in [1.165, 1.54) is 19.1 Å². The number of amides is 1. The second-order valence-corrected chi connectivity index (χ2v) is 7.40. The number of benzene rings is 2. The van der Waals surface area contributed by atoms with Crippen molar-refractivity contribution in [3.05, 3.63) is 64.6 Å². The SMILES string of the molecule is CC(=O)Oc1ccc(/C=C2\SC(=S)N(c3cccc(C(F)(F)F)c3)C2=O)cc1. The molecule has 0 atom stereocenters. The number of ether oxygens (including phenoxy) is 1. The van der Waals surface area contributed by atoms with Gasteiger partial charge < -0.3 is 4.74 Å². The number of nitrogens with zero attached hydrogens (tertiary/aromatic N) is 1. The molecule has 9 heteroatoms. The largest absolute Gasteiger partial charge is 0.427 e. The number of rotatable bonds is 3. The monoisotopic (exact) mass is 423 g/mol. The van der Waals surface area contributed by atoms with E-state index in [2.05, 4.69) is 0 Å². The van der Waals surface area contributed by atoms with Gasteiger partial charge in [0, 0.05) is 6.92 Å². The van der Waals surface area contributed by atoms with Crippen LogP contribution < -0.4 is 9.64 Å². The summed E-state index contributed by atoms with van der Waals surface area (Å²) in [7, 11) is 0. The Morgan fingerprint density at radius 2 is 1.86 bits per heavy atom. The molecular weight excluding hydrogens is 411 g/mol. The number of thiocarbonyl (C=S) groups is 1. The van der Waals surface area contributed by atoms with Crippen LogP contribution in [0.2, 0.25) is 0 Å². The minimum atomic E-state index is -4.52. The van der Waals surface area contributed by atoms with Crippen molar-refractivity contribution >= 4 is 51.9 Å².